The highest BCUT2D eigenvalue weighted by Gasteiger charge is 2.35. The van der Waals surface area contributed by atoms with Crippen LogP contribution in [-0.4, -0.2) is 22.5 Å². The summed E-state index contributed by atoms with van der Waals surface area (Å²) in [6, 6.07) is 7.45. The lowest BCUT2D eigenvalue weighted by atomic mass is 10.0. The Labute approximate surface area is 123 Å². The second-order valence-electron chi connectivity index (χ2n) is 5.29. The van der Waals surface area contributed by atoms with Gasteiger partial charge in [-0.05, 0) is 49.0 Å². The Morgan fingerprint density at radius 3 is 2.85 bits per heavy atom. The van der Waals surface area contributed by atoms with Crippen molar-refractivity contribution in [1.82, 2.24) is 10.7 Å². The number of nitrogens with one attached hydrogen (secondary N) is 2. The average Bonchev–Trinajstić information content (AvgIpc) is 3.03. The van der Waals surface area contributed by atoms with Crippen LogP contribution in [0.3, 0.4) is 0 Å². The zero-order valence-corrected chi connectivity index (χ0v) is 11.8. The van der Waals surface area contributed by atoms with E-state index in [0.29, 0.717) is 28.6 Å². The fourth-order valence-electron chi connectivity index (χ4n) is 2.90. The van der Waals surface area contributed by atoms with E-state index in [1.54, 1.807) is 24.4 Å². The number of nitrogens with zero attached hydrogens (tertiary/aromatic N) is 1. The highest BCUT2D eigenvalue weighted by Crippen LogP contribution is 2.38. The average molecular weight is 287 g/mol. The van der Waals surface area contributed by atoms with Gasteiger partial charge in [-0.2, -0.15) is 5.10 Å². The summed E-state index contributed by atoms with van der Waals surface area (Å²) in [4.78, 5) is 0. The van der Waals surface area contributed by atoms with Crippen LogP contribution >= 0.6 is 12.2 Å². The summed E-state index contributed by atoms with van der Waals surface area (Å²) >= 11 is 5.23. The first-order valence-electron chi connectivity index (χ1n) is 6.78. The van der Waals surface area contributed by atoms with Crippen LogP contribution in [0.25, 0.3) is 0 Å². The van der Waals surface area contributed by atoms with Gasteiger partial charge in [-0.25, -0.2) is 0 Å². The van der Waals surface area contributed by atoms with Gasteiger partial charge in [0.1, 0.15) is 5.75 Å². The van der Waals surface area contributed by atoms with Crippen LogP contribution in [0.1, 0.15) is 18.4 Å². The van der Waals surface area contributed by atoms with Crippen LogP contribution in [0.5, 0.6) is 5.75 Å². The molecule has 0 aliphatic heterocycles. The van der Waals surface area contributed by atoms with Crippen molar-refractivity contribution in [1.29, 1.82) is 0 Å². The van der Waals surface area contributed by atoms with Crippen molar-refractivity contribution in [2.24, 2.45) is 16.9 Å². The molecule has 2 bridgehead atoms. The first-order chi connectivity index (χ1) is 9.72. The van der Waals surface area contributed by atoms with E-state index >= 15 is 0 Å². The van der Waals surface area contributed by atoms with Gasteiger partial charge in [-0.1, -0.05) is 24.3 Å². The van der Waals surface area contributed by atoms with E-state index in [1.807, 2.05) is 6.07 Å². The summed E-state index contributed by atoms with van der Waals surface area (Å²) in [7, 11) is 0. The molecule has 3 rings (SSSR count). The van der Waals surface area contributed by atoms with Crippen molar-refractivity contribution < 1.29 is 5.11 Å². The Hall–Kier alpha value is -1.88. The SMILES string of the molecule is Oc1ccccc1/C=N/NC(=S)N[C@@H]1C[C@@H]2C=C[C@H]1C2. The zero-order chi connectivity index (χ0) is 13.9. The van der Waals surface area contributed by atoms with Crippen LogP contribution < -0.4 is 10.7 Å². The molecule has 2 aliphatic carbocycles. The molecule has 0 unspecified atom stereocenters. The molecule has 2 aliphatic rings. The number of phenolic OH excluding ortho intramolecular Hbond substituents is 1. The quantitative estimate of drug-likeness (QED) is 0.345. The van der Waals surface area contributed by atoms with E-state index < -0.39 is 0 Å². The Kier molecular flexibility index (Phi) is 3.69. The molecular formula is C15H17N3OS. The minimum Gasteiger partial charge on any atom is -0.507 e. The van der Waals surface area contributed by atoms with E-state index in [0.717, 1.165) is 6.42 Å². The van der Waals surface area contributed by atoms with Gasteiger partial charge in [0.15, 0.2) is 5.11 Å². The number of para-hydroxylation sites is 1. The van der Waals surface area contributed by atoms with E-state index in [1.165, 1.54) is 6.42 Å². The minimum absolute atomic E-state index is 0.204. The predicted octanol–water partition coefficient (Wildman–Crippen LogP) is 2.15. The maximum Gasteiger partial charge on any atom is 0.187 e. The molecule has 0 heterocycles. The number of benzene rings is 1. The Morgan fingerprint density at radius 2 is 2.15 bits per heavy atom. The monoisotopic (exact) mass is 287 g/mol. The van der Waals surface area contributed by atoms with E-state index in [4.69, 9.17) is 12.2 Å². The molecule has 1 aromatic carbocycles. The number of hydrogen-bond donors (Lipinski definition) is 3. The molecule has 20 heavy (non-hydrogen) atoms. The van der Waals surface area contributed by atoms with Gasteiger partial charge in [0.05, 0.1) is 6.21 Å². The summed E-state index contributed by atoms with van der Waals surface area (Å²) in [5, 5.41) is 17.5. The smallest absolute Gasteiger partial charge is 0.187 e. The molecule has 1 fully saturated rings. The van der Waals surface area contributed by atoms with Crippen molar-refractivity contribution in [2.75, 3.05) is 0 Å². The number of rotatable bonds is 3. The second-order valence-corrected chi connectivity index (χ2v) is 5.70. The molecule has 0 aromatic heterocycles. The molecular weight excluding hydrogens is 270 g/mol. The maximum absolute atomic E-state index is 9.60. The number of phenols is 1. The molecule has 0 saturated heterocycles. The van der Waals surface area contributed by atoms with E-state index in [-0.39, 0.29) is 5.75 Å². The third-order valence-electron chi connectivity index (χ3n) is 3.90. The van der Waals surface area contributed by atoms with Gasteiger partial charge in [0, 0.05) is 11.6 Å². The van der Waals surface area contributed by atoms with E-state index in [2.05, 4.69) is 28.0 Å². The summed E-state index contributed by atoms with van der Waals surface area (Å²) in [5.41, 5.74) is 3.46. The predicted molar refractivity (Wildman–Crippen MR) is 83.7 cm³/mol. The number of aromatic hydroxyl groups is 1. The van der Waals surface area contributed by atoms with Crippen molar-refractivity contribution in [3.05, 3.63) is 42.0 Å². The van der Waals surface area contributed by atoms with Gasteiger partial charge < -0.3 is 10.4 Å². The highest BCUT2D eigenvalue weighted by atomic mass is 32.1. The first-order valence-corrected chi connectivity index (χ1v) is 7.19. The van der Waals surface area contributed by atoms with Crippen LogP contribution in [0.2, 0.25) is 0 Å². The Balaban J connectivity index is 1.50. The summed E-state index contributed by atoms with van der Waals surface area (Å²) in [6.07, 6.45) is 8.52. The topological polar surface area (TPSA) is 56.7 Å². The minimum atomic E-state index is 0.204. The van der Waals surface area contributed by atoms with Crippen LogP contribution in [0.4, 0.5) is 0 Å². The maximum atomic E-state index is 9.60. The molecule has 1 aromatic rings. The largest absolute Gasteiger partial charge is 0.507 e. The number of hydrogen-bond acceptors (Lipinski definition) is 3. The summed E-state index contributed by atoms with van der Waals surface area (Å²) in [5.74, 6) is 1.52. The van der Waals surface area contributed by atoms with Gasteiger partial charge in [0.2, 0.25) is 0 Å². The number of fused-ring (bicyclic) bond motifs is 2. The molecule has 0 radical (unpaired) electrons. The third-order valence-corrected chi connectivity index (χ3v) is 4.11. The van der Waals surface area contributed by atoms with Crippen molar-refractivity contribution in [3.63, 3.8) is 0 Å². The van der Waals surface area contributed by atoms with Gasteiger partial charge in [-0.3, -0.25) is 5.43 Å². The van der Waals surface area contributed by atoms with Crippen molar-refractivity contribution >= 4 is 23.5 Å². The molecule has 1 saturated carbocycles. The van der Waals surface area contributed by atoms with E-state index in [9.17, 15) is 5.11 Å². The third kappa shape index (κ3) is 2.82. The Morgan fingerprint density at radius 1 is 1.30 bits per heavy atom. The van der Waals surface area contributed by atoms with Crippen molar-refractivity contribution in [2.45, 2.75) is 18.9 Å². The van der Waals surface area contributed by atoms with Crippen LogP contribution in [0, 0.1) is 11.8 Å². The molecule has 5 heteroatoms. The summed E-state index contributed by atoms with van der Waals surface area (Å²) in [6.45, 7) is 0. The fourth-order valence-corrected chi connectivity index (χ4v) is 3.11. The Bertz CT molecular complexity index is 570. The number of allylic oxidation sites excluding steroid dienone is 1. The lowest BCUT2D eigenvalue weighted by Crippen LogP contribution is -2.42. The first kappa shape index (κ1) is 13.1. The van der Waals surface area contributed by atoms with Gasteiger partial charge >= 0.3 is 0 Å². The standard InChI is InChI=1S/C15H17N3OS/c19-14-4-2-1-3-12(14)9-16-18-15(20)17-13-8-10-5-6-11(13)7-10/h1-6,9-11,13,19H,7-8H2,(H2,17,18,20)/b16-9+/t10-,11+,13-/m1/s1. The number of hydrazone groups is 1. The van der Waals surface area contributed by atoms with Crippen molar-refractivity contribution in [3.8, 4) is 5.75 Å². The van der Waals surface area contributed by atoms with Crippen LogP contribution in [0.15, 0.2) is 41.5 Å². The normalized spacial score (nSPS) is 27.1. The lowest BCUT2D eigenvalue weighted by molar-refractivity contribution is 0.474. The molecule has 0 amide bonds. The second kappa shape index (κ2) is 5.63. The lowest BCUT2D eigenvalue weighted by Gasteiger charge is -2.20. The summed E-state index contributed by atoms with van der Waals surface area (Å²) < 4.78 is 0. The molecule has 104 valence electrons. The number of thiocarbonyl (C=S) groups is 1. The molecule has 0 spiro atoms. The fraction of sp³-hybridized carbons (Fsp3) is 0.333. The molecule has 4 nitrogen and oxygen atoms in total. The van der Waals surface area contributed by atoms with Gasteiger partial charge in [0.25, 0.3) is 0 Å². The zero-order valence-electron chi connectivity index (χ0n) is 11.0. The molecule has 3 atom stereocenters. The van der Waals surface area contributed by atoms with Gasteiger partial charge in [-0.15, -0.1) is 0 Å². The molecule has 3 N–H and O–H groups in total. The van der Waals surface area contributed by atoms with Crippen LogP contribution in [-0.2, 0) is 0 Å². The highest BCUT2D eigenvalue weighted by molar-refractivity contribution is 7.80.